The number of primary amides is 1. The van der Waals surface area contributed by atoms with Crippen LogP contribution >= 0.6 is 0 Å². The summed E-state index contributed by atoms with van der Waals surface area (Å²) in [4.78, 5) is 23.2. The summed E-state index contributed by atoms with van der Waals surface area (Å²) in [5.41, 5.74) is 12.3. The van der Waals surface area contributed by atoms with Crippen molar-refractivity contribution in [2.45, 2.75) is 13.3 Å². The van der Waals surface area contributed by atoms with Gasteiger partial charge in [-0.2, -0.15) is 0 Å². The first-order valence-electron chi connectivity index (χ1n) is 9.14. The Morgan fingerprint density at radius 3 is 2.82 bits per heavy atom. The summed E-state index contributed by atoms with van der Waals surface area (Å²) in [5.74, 6) is -0.464. The van der Waals surface area contributed by atoms with Gasteiger partial charge in [0.2, 0.25) is 5.91 Å². The highest BCUT2D eigenvalue weighted by atomic mass is 16.1. The van der Waals surface area contributed by atoms with Crippen LogP contribution in [0, 0.1) is 0 Å². The predicted molar refractivity (Wildman–Crippen MR) is 112 cm³/mol. The van der Waals surface area contributed by atoms with Crippen LogP contribution in [0.4, 0.5) is 0 Å². The van der Waals surface area contributed by atoms with Crippen LogP contribution in [0.15, 0.2) is 67.1 Å². The minimum absolute atomic E-state index is 0.464. The van der Waals surface area contributed by atoms with Crippen LogP contribution < -0.4 is 5.73 Å². The molecule has 3 N–H and O–H groups in total. The molecule has 0 atom stereocenters. The number of aromatic nitrogens is 3. The number of nitrogens with two attached hydrogens (primary N) is 1. The van der Waals surface area contributed by atoms with Crippen LogP contribution in [-0.2, 0) is 11.2 Å². The molecular formula is C23H20N4O. The van der Waals surface area contributed by atoms with Crippen LogP contribution in [0.5, 0.6) is 0 Å². The molecule has 3 heterocycles. The van der Waals surface area contributed by atoms with Crippen LogP contribution in [-0.4, -0.2) is 20.9 Å². The average molecular weight is 368 g/mol. The number of benzene rings is 1. The number of hydrogen-bond acceptors (Lipinski definition) is 3. The Balaban J connectivity index is 1.78. The van der Waals surface area contributed by atoms with Crippen molar-refractivity contribution in [3.8, 4) is 22.3 Å². The standard InChI is InChI=1S/C23H20N4O/c1-2-19-11-17(8-9-25-19)21-14-27-23-20(21)12-18(13-26-23)16-5-3-4-15(10-16)6-7-22(24)28/h3-14H,2H2,1H3,(H2,24,28)(H,26,27)/b7-6+. The molecule has 4 rings (SSSR count). The SMILES string of the molecule is CCc1cc(-c2c[nH]c3ncc(-c4cccc(/C=C/C(N)=O)c4)cc23)ccn1. The van der Waals surface area contributed by atoms with Crippen molar-refractivity contribution in [3.05, 3.63) is 78.4 Å². The summed E-state index contributed by atoms with van der Waals surface area (Å²) >= 11 is 0. The van der Waals surface area contributed by atoms with Gasteiger partial charge in [0, 0.05) is 46.9 Å². The number of fused-ring (bicyclic) bond motifs is 1. The lowest BCUT2D eigenvalue weighted by molar-refractivity contribution is -0.113. The molecule has 0 radical (unpaired) electrons. The van der Waals surface area contributed by atoms with E-state index in [9.17, 15) is 4.79 Å². The first-order chi connectivity index (χ1) is 13.6. The molecule has 0 saturated heterocycles. The molecule has 0 spiro atoms. The first-order valence-corrected chi connectivity index (χ1v) is 9.14. The molecule has 5 heteroatoms. The molecule has 1 amide bonds. The maximum atomic E-state index is 11.0. The van der Waals surface area contributed by atoms with E-state index in [1.807, 2.05) is 48.9 Å². The van der Waals surface area contributed by atoms with Gasteiger partial charge in [-0.15, -0.1) is 0 Å². The van der Waals surface area contributed by atoms with E-state index in [0.717, 1.165) is 51.0 Å². The number of H-pyrrole nitrogens is 1. The molecular weight excluding hydrogens is 348 g/mol. The third-order valence-electron chi connectivity index (χ3n) is 4.68. The minimum atomic E-state index is -0.464. The fourth-order valence-electron chi connectivity index (χ4n) is 3.24. The fourth-order valence-corrected chi connectivity index (χ4v) is 3.24. The number of carbonyl (C=O) groups is 1. The Kier molecular flexibility index (Phi) is 4.72. The van der Waals surface area contributed by atoms with E-state index >= 15 is 0 Å². The van der Waals surface area contributed by atoms with Gasteiger partial charge in [0.05, 0.1) is 0 Å². The molecule has 3 aromatic heterocycles. The molecule has 0 unspecified atom stereocenters. The van der Waals surface area contributed by atoms with Gasteiger partial charge < -0.3 is 10.7 Å². The Labute approximate surface area is 163 Å². The number of rotatable bonds is 5. The minimum Gasteiger partial charge on any atom is -0.366 e. The van der Waals surface area contributed by atoms with Crippen LogP contribution in [0.1, 0.15) is 18.2 Å². The average Bonchev–Trinajstić information content (AvgIpc) is 3.16. The maximum Gasteiger partial charge on any atom is 0.241 e. The lowest BCUT2D eigenvalue weighted by Crippen LogP contribution is -2.05. The zero-order valence-corrected chi connectivity index (χ0v) is 15.5. The van der Waals surface area contributed by atoms with Crippen molar-refractivity contribution in [1.82, 2.24) is 15.0 Å². The summed E-state index contributed by atoms with van der Waals surface area (Å²) < 4.78 is 0. The Bertz CT molecular complexity index is 1190. The first kappa shape index (κ1) is 17.7. The second kappa shape index (κ2) is 7.48. The number of amides is 1. The van der Waals surface area contributed by atoms with Crippen molar-refractivity contribution < 1.29 is 4.79 Å². The zero-order chi connectivity index (χ0) is 19.5. The van der Waals surface area contributed by atoms with Crippen LogP contribution in [0.25, 0.3) is 39.4 Å². The molecule has 5 nitrogen and oxygen atoms in total. The quantitative estimate of drug-likeness (QED) is 0.514. The Morgan fingerprint density at radius 2 is 2.00 bits per heavy atom. The van der Waals surface area contributed by atoms with Crippen molar-refractivity contribution in [1.29, 1.82) is 0 Å². The number of aromatic amines is 1. The topological polar surface area (TPSA) is 84.7 Å². The zero-order valence-electron chi connectivity index (χ0n) is 15.5. The smallest absolute Gasteiger partial charge is 0.241 e. The number of pyridine rings is 2. The second-order valence-corrected chi connectivity index (χ2v) is 6.57. The second-order valence-electron chi connectivity index (χ2n) is 6.57. The molecule has 0 saturated carbocycles. The molecule has 0 aliphatic heterocycles. The summed E-state index contributed by atoms with van der Waals surface area (Å²) in [6, 6.07) is 14.2. The largest absolute Gasteiger partial charge is 0.366 e. The molecule has 0 bridgehead atoms. The van der Waals surface area contributed by atoms with E-state index in [2.05, 4.69) is 34.0 Å². The molecule has 138 valence electrons. The number of carbonyl (C=O) groups excluding carboxylic acids is 1. The van der Waals surface area contributed by atoms with Gasteiger partial charge in [-0.1, -0.05) is 25.1 Å². The van der Waals surface area contributed by atoms with Gasteiger partial charge >= 0.3 is 0 Å². The van der Waals surface area contributed by atoms with Gasteiger partial charge in [0.15, 0.2) is 0 Å². The molecule has 0 fully saturated rings. The molecule has 0 aliphatic carbocycles. The molecule has 4 aromatic rings. The van der Waals surface area contributed by atoms with E-state index in [4.69, 9.17) is 5.73 Å². The highest BCUT2D eigenvalue weighted by molar-refractivity contribution is 5.96. The van der Waals surface area contributed by atoms with E-state index in [0.29, 0.717) is 0 Å². The maximum absolute atomic E-state index is 11.0. The molecule has 28 heavy (non-hydrogen) atoms. The highest BCUT2D eigenvalue weighted by Crippen LogP contribution is 2.31. The molecule has 0 aliphatic rings. The highest BCUT2D eigenvalue weighted by Gasteiger charge is 2.10. The van der Waals surface area contributed by atoms with Crippen molar-refractivity contribution in [3.63, 3.8) is 0 Å². The van der Waals surface area contributed by atoms with Crippen molar-refractivity contribution in [2.24, 2.45) is 5.73 Å². The van der Waals surface area contributed by atoms with E-state index < -0.39 is 5.91 Å². The third kappa shape index (κ3) is 3.55. The van der Waals surface area contributed by atoms with Crippen LogP contribution in [0.3, 0.4) is 0 Å². The van der Waals surface area contributed by atoms with Crippen molar-refractivity contribution >= 4 is 23.0 Å². The number of nitrogens with zero attached hydrogens (tertiary/aromatic N) is 2. The lowest BCUT2D eigenvalue weighted by Gasteiger charge is -2.05. The monoisotopic (exact) mass is 368 g/mol. The summed E-state index contributed by atoms with van der Waals surface area (Å²) in [7, 11) is 0. The van der Waals surface area contributed by atoms with Crippen molar-refractivity contribution in [2.75, 3.05) is 0 Å². The van der Waals surface area contributed by atoms with Gasteiger partial charge in [0.25, 0.3) is 0 Å². The van der Waals surface area contributed by atoms with E-state index in [1.165, 1.54) is 6.08 Å². The Morgan fingerprint density at radius 1 is 1.11 bits per heavy atom. The number of nitrogens with one attached hydrogen (secondary N) is 1. The van der Waals surface area contributed by atoms with Crippen LogP contribution in [0.2, 0.25) is 0 Å². The van der Waals surface area contributed by atoms with E-state index in [1.54, 1.807) is 6.08 Å². The lowest BCUT2D eigenvalue weighted by atomic mass is 10.0. The number of hydrogen-bond donors (Lipinski definition) is 2. The summed E-state index contributed by atoms with van der Waals surface area (Å²) in [6.07, 6.45) is 9.65. The van der Waals surface area contributed by atoms with Gasteiger partial charge in [-0.3, -0.25) is 9.78 Å². The van der Waals surface area contributed by atoms with Gasteiger partial charge in [-0.25, -0.2) is 4.98 Å². The predicted octanol–water partition coefficient (Wildman–Crippen LogP) is 4.35. The summed E-state index contributed by atoms with van der Waals surface area (Å²) in [6.45, 7) is 2.10. The normalized spacial score (nSPS) is 11.3. The third-order valence-corrected chi connectivity index (χ3v) is 4.68. The number of aryl methyl sites for hydroxylation is 1. The van der Waals surface area contributed by atoms with Gasteiger partial charge in [-0.05, 0) is 53.5 Å². The van der Waals surface area contributed by atoms with Gasteiger partial charge in [0.1, 0.15) is 5.65 Å². The fraction of sp³-hybridized carbons (Fsp3) is 0.0870. The van der Waals surface area contributed by atoms with E-state index in [-0.39, 0.29) is 0 Å². The molecule has 1 aromatic carbocycles. The Hall–Kier alpha value is -3.73. The summed E-state index contributed by atoms with van der Waals surface area (Å²) in [5, 5.41) is 1.06.